The quantitative estimate of drug-likeness (QED) is 0.819. The molecule has 0 atom stereocenters. The van der Waals surface area contributed by atoms with Gasteiger partial charge in [0, 0.05) is 15.6 Å². The van der Waals surface area contributed by atoms with E-state index in [0.717, 1.165) is 15.0 Å². The topological polar surface area (TPSA) is 46.9 Å². The summed E-state index contributed by atoms with van der Waals surface area (Å²) < 4.78 is 2.46. The summed E-state index contributed by atoms with van der Waals surface area (Å²) in [6.07, 6.45) is 0. The molecule has 1 aromatic heterocycles. The van der Waals surface area contributed by atoms with Crippen molar-refractivity contribution in [3.8, 4) is 0 Å². The third kappa shape index (κ3) is 2.84. The summed E-state index contributed by atoms with van der Waals surface area (Å²) in [4.78, 5) is 12.1. The molecule has 0 saturated heterocycles. The van der Waals surface area contributed by atoms with Crippen molar-refractivity contribution in [3.63, 3.8) is 0 Å². The maximum absolute atomic E-state index is 12.1. The van der Waals surface area contributed by atoms with Crippen LogP contribution in [0.1, 0.15) is 16.2 Å². The minimum atomic E-state index is -0.182. The lowest BCUT2D eigenvalue weighted by Gasteiger charge is -2.07. The van der Waals surface area contributed by atoms with E-state index in [-0.39, 0.29) is 5.91 Å². The SMILES string of the molecule is Cc1cc(C(=O)Nc2ccc(Cl)cc2I)n(C)n1. The Morgan fingerprint density at radius 3 is 2.72 bits per heavy atom. The molecule has 0 aliphatic rings. The second-order valence-electron chi connectivity index (χ2n) is 3.87. The zero-order chi connectivity index (χ0) is 13.3. The van der Waals surface area contributed by atoms with Gasteiger partial charge in [0.25, 0.3) is 5.91 Å². The molecule has 1 amide bonds. The molecule has 0 spiro atoms. The van der Waals surface area contributed by atoms with Crippen LogP contribution in [0.5, 0.6) is 0 Å². The Balaban J connectivity index is 2.24. The fourth-order valence-electron chi connectivity index (χ4n) is 1.60. The molecule has 1 heterocycles. The van der Waals surface area contributed by atoms with Gasteiger partial charge in [0.1, 0.15) is 5.69 Å². The van der Waals surface area contributed by atoms with Crippen molar-refractivity contribution in [2.75, 3.05) is 5.32 Å². The van der Waals surface area contributed by atoms with Crippen LogP contribution in [0.3, 0.4) is 0 Å². The first-order valence-electron chi connectivity index (χ1n) is 5.24. The van der Waals surface area contributed by atoms with E-state index < -0.39 is 0 Å². The number of benzene rings is 1. The molecular weight excluding hydrogens is 365 g/mol. The van der Waals surface area contributed by atoms with Gasteiger partial charge in [-0.1, -0.05) is 11.6 Å². The molecule has 0 aliphatic heterocycles. The second-order valence-corrected chi connectivity index (χ2v) is 5.47. The highest BCUT2D eigenvalue weighted by Crippen LogP contribution is 2.22. The maximum atomic E-state index is 12.1. The lowest BCUT2D eigenvalue weighted by Crippen LogP contribution is -2.16. The predicted octanol–water partition coefficient (Wildman–Crippen LogP) is 3.24. The van der Waals surface area contributed by atoms with Crippen LogP contribution in [0.25, 0.3) is 0 Å². The highest BCUT2D eigenvalue weighted by Gasteiger charge is 2.13. The van der Waals surface area contributed by atoms with Gasteiger partial charge in [-0.15, -0.1) is 0 Å². The average Bonchev–Trinajstić information content (AvgIpc) is 2.62. The van der Waals surface area contributed by atoms with Gasteiger partial charge in [-0.2, -0.15) is 5.10 Å². The second kappa shape index (κ2) is 5.27. The fraction of sp³-hybridized carbons (Fsp3) is 0.167. The summed E-state index contributed by atoms with van der Waals surface area (Å²) >= 11 is 8.00. The van der Waals surface area contributed by atoms with Gasteiger partial charge in [0.15, 0.2) is 0 Å². The summed E-state index contributed by atoms with van der Waals surface area (Å²) in [7, 11) is 1.74. The standard InChI is InChI=1S/C12H11ClIN3O/c1-7-5-11(17(2)16-7)12(18)15-10-4-3-8(13)6-9(10)14/h3-6H,1-2H3,(H,15,18). The number of carbonyl (C=O) groups is 1. The number of aromatic nitrogens is 2. The summed E-state index contributed by atoms with van der Waals surface area (Å²) in [5.74, 6) is -0.182. The molecule has 0 aliphatic carbocycles. The van der Waals surface area contributed by atoms with E-state index in [4.69, 9.17) is 11.6 Å². The van der Waals surface area contributed by atoms with Crippen molar-refractivity contribution < 1.29 is 4.79 Å². The molecule has 0 saturated carbocycles. The van der Waals surface area contributed by atoms with Crippen molar-refractivity contribution in [2.45, 2.75) is 6.92 Å². The number of halogens is 2. The molecule has 2 rings (SSSR count). The summed E-state index contributed by atoms with van der Waals surface area (Å²) in [5, 5.41) is 7.63. The summed E-state index contributed by atoms with van der Waals surface area (Å²) in [6, 6.07) is 7.07. The molecule has 0 bridgehead atoms. The van der Waals surface area contributed by atoms with Gasteiger partial charge in [0.05, 0.1) is 11.4 Å². The maximum Gasteiger partial charge on any atom is 0.273 e. The number of carbonyl (C=O) groups excluding carboxylic acids is 1. The highest BCUT2D eigenvalue weighted by molar-refractivity contribution is 14.1. The molecular formula is C12H11ClIN3O. The molecule has 2 aromatic rings. The highest BCUT2D eigenvalue weighted by atomic mass is 127. The van der Waals surface area contributed by atoms with Crippen molar-refractivity contribution in [2.24, 2.45) is 7.05 Å². The normalized spacial score (nSPS) is 10.4. The van der Waals surface area contributed by atoms with Crippen LogP contribution < -0.4 is 5.32 Å². The molecule has 1 aromatic carbocycles. The number of rotatable bonds is 2. The molecule has 18 heavy (non-hydrogen) atoms. The molecule has 0 fully saturated rings. The van der Waals surface area contributed by atoms with E-state index in [1.807, 2.05) is 6.92 Å². The largest absolute Gasteiger partial charge is 0.320 e. The molecule has 0 unspecified atom stereocenters. The lowest BCUT2D eigenvalue weighted by molar-refractivity contribution is 0.101. The Kier molecular flexibility index (Phi) is 3.91. The number of aryl methyl sites for hydroxylation is 2. The predicted molar refractivity (Wildman–Crippen MR) is 80.1 cm³/mol. The monoisotopic (exact) mass is 375 g/mol. The van der Waals surface area contributed by atoms with Crippen LogP contribution >= 0.6 is 34.2 Å². The smallest absolute Gasteiger partial charge is 0.273 e. The van der Waals surface area contributed by atoms with Crippen LogP contribution in [-0.2, 0) is 7.05 Å². The van der Waals surface area contributed by atoms with Crippen LogP contribution in [0.15, 0.2) is 24.3 Å². The molecule has 0 radical (unpaired) electrons. The van der Waals surface area contributed by atoms with Gasteiger partial charge in [-0.25, -0.2) is 0 Å². The third-order valence-corrected chi connectivity index (χ3v) is 3.54. The van der Waals surface area contributed by atoms with E-state index >= 15 is 0 Å². The number of hydrogen-bond acceptors (Lipinski definition) is 2. The molecule has 94 valence electrons. The number of nitrogens with one attached hydrogen (secondary N) is 1. The number of amides is 1. The van der Waals surface area contributed by atoms with Crippen molar-refractivity contribution >= 4 is 45.8 Å². The summed E-state index contributed by atoms with van der Waals surface area (Å²) in [5.41, 5.74) is 2.08. The molecule has 1 N–H and O–H groups in total. The van der Waals surface area contributed by atoms with Crippen LogP contribution in [0, 0.1) is 10.5 Å². The first-order valence-corrected chi connectivity index (χ1v) is 6.70. The number of anilines is 1. The first-order chi connectivity index (χ1) is 8.47. The minimum absolute atomic E-state index is 0.182. The van der Waals surface area contributed by atoms with E-state index in [2.05, 4.69) is 33.0 Å². The zero-order valence-electron chi connectivity index (χ0n) is 9.87. The van der Waals surface area contributed by atoms with Gasteiger partial charge in [-0.3, -0.25) is 9.48 Å². The van der Waals surface area contributed by atoms with Gasteiger partial charge in [0.2, 0.25) is 0 Å². The molecule has 4 nitrogen and oxygen atoms in total. The third-order valence-electron chi connectivity index (χ3n) is 2.41. The van der Waals surface area contributed by atoms with E-state index in [9.17, 15) is 4.79 Å². The zero-order valence-corrected chi connectivity index (χ0v) is 12.8. The van der Waals surface area contributed by atoms with E-state index in [1.165, 1.54) is 0 Å². The molecule has 6 heteroatoms. The first kappa shape index (κ1) is 13.4. The Hall–Kier alpha value is -1.08. The number of nitrogens with zero attached hydrogens (tertiary/aromatic N) is 2. The van der Waals surface area contributed by atoms with Crippen molar-refractivity contribution in [1.82, 2.24) is 9.78 Å². The Morgan fingerprint density at radius 2 is 2.17 bits per heavy atom. The van der Waals surface area contributed by atoms with Crippen LogP contribution in [0.2, 0.25) is 5.02 Å². The Bertz CT molecular complexity index is 609. The van der Waals surface area contributed by atoms with Gasteiger partial charge < -0.3 is 5.32 Å². The van der Waals surface area contributed by atoms with E-state index in [0.29, 0.717) is 10.7 Å². The fourth-order valence-corrected chi connectivity index (χ4v) is 2.61. The van der Waals surface area contributed by atoms with Gasteiger partial charge >= 0.3 is 0 Å². The Labute approximate surface area is 123 Å². The van der Waals surface area contributed by atoms with Crippen LogP contribution in [0.4, 0.5) is 5.69 Å². The van der Waals surface area contributed by atoms with Gasteiger partial charge in [-0.05, 0) is 53.8 Å². The van der Waals surface area contributed by atoms with Crippen molar-refractivity contribution in [3.05, 3.63) is 44.2 Å². The van der Waals surface area contributed by atoms with Crippen LogP contribution in [-0.4, -0.2) is 15.7 Å². The van der Waals surface area contributed by atoms with E-state index in [1.54, 1.807) is 36.0 Å². The minimum Gasteiger partial charge on any atom is -0.320 e. The number of hydrogen-bond donors (Lipinski definition) is 1. The van der Waals surface area contributed by atoms with Crippen molar-refractivity contribution in [1.29, 1.82) is 0 Å². The summed E-state index contributed by atoms with van der Waals surface area (Å²) in [6.45, 7) is 1.85. The average molecular weight is 376 g/mol. The Morgan fingerprint density at radius 1 is 1.44 bits per heavy atom. The lowest BCUT2D eigenvalue weighted by atomic mass is 10.3.